The molecule has 180 valence electrons. The van der Waals surface area contributed by atoms with Crippen LogP contribution in [-0.4, -0.2) is 74.8 Å². The van der Waals surface area contributed by atoms with Gasteiger partial charge in [0.2, 0.25) is 6.29 Å². The molecule has 0 radical (unpaired) electrons. The number of aromatic hydroxyl groups is 2. The van der Waals surface area contributed by atoms with Crippen LogP contribution in [0.25, 0.3) is 12.2 Å². The highest BCUT2D eigenvalue weighted by Gasteiger charge is 2.45. The molecule has 0 unspecified atom stereocenters. The third-order valence-corrected chi connectivity index (χ3v) is 4.90. The van der Waals surface area contributed by atoms with Gasteiger partial charge in [-0.3, -0.25) is 0 Å². The molecular formula is C24H24O10. The van der Waals surface area contributed by atoms with Crippen molar-refractivity contribution < 1.29 is 49.3 Å². The first-order valence-electron chi connectivity index (χ1n) is 10.2. The van der Waals surface area contributed by atoms with Crippen LogP contribution in [0, 0.1) is 0 Å². The van der Waals surface area contributed by atoms with Gasteiger partial charge in [-0.2, -0.15) is 0 Å². The van der Waals surface area contributed by atoms with Crippen LogP contribution >= 0.6 is 0 Å². The molecule has 1 saturated heterocycles. The number of hydrogen-bond acceptors (Lipinski definition) is 10. The van der Waals surface area contributed by atoms with Crippen LogP contribution in [0.2, 0.25) is 0 Å². The maximum absolute atomic E-state index is 12.1. The van der Waals surface area contributed by atoms with E-state index in [4.69, 9.17) is 14.2 Å². The van der Waals surface area contributed by atoms with Gasteiger partial charge in [-0.15, -0.1) is 0 Å². The predicted octanol–water partition coefficient (Wildman–Crippen LogP) is 0.718. The van der Waals surface area contributed by atoms with Crippen LogP contribution in [0.1, 0.15) is 11.1 Å². The molecule has 0 amide bonds. The minimum atomic E-state index is -1.73. The fourth-order valence-electron chi connectivity index (χ4n) is 3.02. The average molecular weight is 472 g/mol. The molecule has 1 heterocycles. The molecule has 10 heteroatoms. The third kappa shape index (κ3) is 6.90. The Hall–Kier alpha value is -3.70. The first-order chi connectivity index (χ1) is 16.2. The topological polar surface area (TPSA) is 163 Å². The summed E-state index contributed by atoms with van der Waals surface area (Å²) in [5, 5.41) is 48.9. The fraction of sp³-hybridized carbons (Fsp3) is 0.250. The zero-order valence-corrected chi connectivity index (χ0v) is 17.8. The van der Waals surface area contributed by atoms with Crippen molar-refractivity contribution in [3.8, 4) is 11.5 Å². The van der Waals surface area contributed by atoms with Crippen molar-refractivity contribution in [1.29, 1.82) is 0 Å². The molecule has 2 aromatic rings. The number of esters is 2. The number of phenolic OH excluding ortho intramolecular Hbond substituents is 2. The molecular weight excluding hydrogens is 448 g/mol. The van der Waals surface area contributed by atoms with Gasteiger partial charge in [0.15, 0.2) is 0 Å². The maximum Gasteiger partial charge on any atom is 0.333 e. The molecule has 0 aromatic heterocycles. The highest BCUT2D eigenvalue weighted by atomic mass is 16.7. The van der Waals surface area contributed by atoms with Crippen molar-refractivity contribution in [3.63, 3.8) is 0 Å². The number of benzene rings is 2. The Labute approximate surface area is 194 Å². The summed E-state index contributed by atoms with van der Waals surface area (Å²) in [6, 6.07) is 12.1. The number of carbonyl (C=O) groups is 2. The van der Waals surface area contributed by atoms with E-state index in [0.29, 0.717) is 11.1 Å². The van der Waals surface area contributed by atoms with E-state index in [-0.39, 0.29) is 11.5 Å². The van der Waals surface area contributed by atoms with E-state index in [1.54, 1.807) is 24.3 Å². The molecule has 1 aliphatic rings. The van der Waals surface area contributed by atoms with Crippen molar-refractivity contribution in [3.05, 3.63) is 71.8 Å². The molecule has 10 nitrogen and oxygen atoms in total. The summed E-state index contributed by atoms with van der Waals surface area (Å²) >= 11 is 0. The largest absolute Gasteiger partial charge is 0.508 e. The van der Waals surface area contributed by atoms with Crippen molar-refractivity contribution in [2.45, 2.75) is 30.7 Å². The van der Waals surface area contributed by atoms with E-state index < -0.39 is 49.3 Å². The van der Waals surface area contributed by atoms with E-state index >= 15 is 0 Å². The minimum absolute atomic E-state index is 0.0635. The van der Waals surface area contributed by atoms with Gasteiger partial charge >= 0.3 is 11.9 Å². The van der Waals surface area contributed by atoms with Gasteiger partial charge in [-0.25, -0.2) is 9.59 Å². The number of phenols is 2. The molecule has 0 bridgehead atoms. The predicted molar refractivity (Wildman–Crippen MR) is 118 cm³/mol. The zero-order chi connectivity index (χ0) is 24.7. The average Bonchev–Trinajstić information content (AvgIpc) is 2.83. The molecule has 34 heavy (non-hydrogen) atoms. The van der Waals surface area contributed by atoms with E-state index in [2.05, 4.69) is 0 Å². The van der Waals surface area contributed by atoms with Crippen molar-refractivity contribution in [2.24, 2.45) is 0 Å². The molecule has 2 aromatic carbocycles. The highest BCUT2D eigenvalue weighted by Crippen LogP contribution is 2.23. The molecule has 0 saturated carbocycles. The van der Waals surface area contributed by atoms with Gasteiger partial charge in [-0.1, -0.05) is 24.3 Å². The molecule has 5 N–H and O–H groups in total. The summed E-state index contributed by atoms with van der Waals surface area (Å²) in [5.41, 5.74) is 1.23. The third-order valence-electron chi connectivity index (χ3n) is 4.90. The monoisotopic (exact) mass is 472 g/mol. The fourth-order valence-corrected chi connectivity index (χ4v) is 3.02. The van der Waals surface area contributed by atoms with Crippen LogP contribution in [0.3, 0.4) is 0 Å². The molecule has 1 fully saturated rings. The Bertz CT molecular complexity index is 1030. The Balaban J connectivity index is 1.54. The summed E-state index contributed by atoms with van der Waals surface area (Å²) in [5.74, 6) is -1.52. The summed E-state index contributed by atoms with van der Waals surface area (Å²) < 4.78 is 15.4. The molecule has 0 spiro atoms. The lowest BCUT2D eigenvalue weighted by Gasteiger charge is -2.39. The lowest BCUT2D eigenvalue weighted by atomic mass is 9.99. The van der Waals surface area contributed by atoms with E-state index in [1.807, 2.05) is 0 Å². The van der Waals surface area contributed by atoms with Crippen LogP contribution in [-0.2, 0) is 23.8 Å². The summed E-state index contributed by atoms with van der Waals surface area (Å²) in [7, 11) is 0. The molecule has 3 rings (SSSR count). The van der Waals surface area contributed by atoms with Gasteiger partial charge in [0, 0.05) is 12.2 Å². The number of ether oxygens (including phenoxy) is 3. The smallest absolute Gasteiger partial charge is 0.333 e. The van der Waals surface area contributed by atoms with Crippen molar-refractivity contribution in [1.82, 2.24) is 0 Å². The number of rotatable bonds is 7. The van der Waals surface area contributed by atoms with Crippen LogP contribution in [0.5, 0.6) is 11.5 Å². The zero-order valence-electron chi connectivity index (χ0n) is 17.8. The molecule has 1 aliphatic heterocycles. The number of hydrogen-bond donors (Lipinski definition) is 5. The second-order valence-electron chi connectivity index (χ2n) is 7.43. The standard InChI is InChI=1S/C24H24O10/c25-16-7-1-14(2-8-16)5-11-19(27)32-13-18-21(29)22(30)23(31)24(33-18)34-20(28)12-6-15-3-9-17(26)10-4-15/h1-12,18,21-26,29-31H,13H2/b11-5+,12-6+/t18-,21-,22-,23-,24+/m0/s1. The SMILES string of the molecule is O=C(/C=C/c1ccc(O)cc1)OC[C@@H]1O[C@H](OC(=O)/C=C/c2ccc(O)cc2)[C@@H](O)[C@@H](O)[C@H]1O. The normalized spacial score (nSPS) is 24.9. The van der Waals surface area contributed by atoms with Gasteiger partial charge in [0.05, 0.1) is 0 Å². The Morgan fingerprint density at radius 3 is 1.79 bits per heavy atom. The second kappa shape index (κ2) is 11.4. The minimum Gasteiger partial charge on any atom is -0.508 e. The van der Waals surface area contributed by atoms with Crippen molar-refractivity contribution in [2.75, 3.05) is 6.61 Å². The van der Waals surface area contributed by atoms with E-state index in [1.165, 1.54) is 36.4 Å². The van der Waals surface area contributed by atoms with Crippen LogP contribution in [0.4, 0.5) is 0 Å². The van der Waals surface area contributed by atoms with Gasteiger partial charge < -0.3 is 39.7 Å². The van der Waals surface area contributed by atoms with Gasteiger partial charge in [-0.05, 0) is 47.5 Å². The summed E-state index contributed by atoms with van der Waals surface area (Å²) in [6.45, 7) is -0.485. The van der Waals surface area contributed by atoms with Crippen LogP contribution < -0.4 is 0 Å². The maximum atomic E-state index is 12.1. The Morgan fingerprint density at radius 1 is 0.765 bits per heavy atom. The number of aliphatic hydroxyl groups excluding tert-OH is 3. The number of carbonyl (C=O) groups excluding carboxylic acids is 2. The molecule has 0 aliphatic carbocycles. The first-order valence-corrected chi connectivity index (χ1v) is 10.2. The lowest BCUT2D eigenvalue weighted by Crippen LogP contribution is -2.59. The second-order valence-corrected chi connectivity index (χ2v) is 7.43. The lowest BCUT2D eigenvalue weighted by molar-refractivity contribution is -0.291. The van der Waals surface area contributed by atoms with Crippen molar-refractivity contribution >= 4 is 24.1 Å². The first kappa shape index (κ1) is 24.9. The van der Waals surface area contributed by atoms with E-state index in [9.17, 15) is 35.1 Å². The molecule has 5 atom stereocenters. The van der Waals surface area contributed by atoms with E-state index in [0.717, 1.165) is 12.2 Å². The summed E-state index contributed by atoms with van der Waals surface area (Å²) in [6.07, 6.45) is -2.92. The van der Waals surface area contributed by atoms with Gasteiger partial charge in [0.1, 0.15) is 42.5 Å². The Morgan fingerprint density at radius 2 is 1.26 bits per heavy atom. The summed E-state index contributed by atoms with van der Waals surface area (Å²) in [4.78, 5) is 24.1. The quantitative estimate of drug-likeness (QED) is 0.287. The van der Waals surface area contributed by atoms with Crippen LogP contribution in [0.15, 0.2) is 60.7 Å². The van der Waals surface area contributed by atoms with Gasteiger partial charge in [0.25, 0.3) is 0 Å². The number of aliphatic hydroxyl groups is 3. The Kier molecular flexibility index (Phi) is 8.39. The highest BCUT2D eigenvalue weighted by molar-refractivity contribution is 5.87.